The van der Waals surface area contributed by atoms with Gasteiger partial charge in [-0.2, -0.15) is 0 Å². The van der Waals surface area contributed by atoms with Gasteiger partial charge >= 0.3 is 0 Å². The minimum Gasteiger partial charge on any atom is -0.0985 e. The summed E-state index contributed by atoms with van der Waals surface area (Å²) in [5.41, 5.74) is 2.34. The zero-order valence-corrected chi connectivity index (χ0v) is 10.1. The summed E-state index contributed by atoms with van der Waals surface area (Å²) in [6, 6.07) is 20.1. The van der Waals surface area contributed by atoms with Gasteiger partial charge in [-0.05, 0) is 18.1 Å². The fourth-order valence-electron chi connectivity index (χ4n) is 1.32. The van der Waals surface area contributed by atoms with Crippen LogP contribution in [0.2, 0.25) is 0 Å². The van der Waals surface area contributed by atoms with Crippen LogP contribution in [0.4, 0.5) is 0 Å². The van der Waals surface area contributed by atoms with Crippen LogP contribution in [0.3, 0.4) is 0 Å². The standard InChI is InChI=1S/C9H10.C8H8/c1-2-6-9-7-4-3-5-8-9;1-2-8-6-4-3-5-7-8/h2-8H,1H3;2-7H,1H2/i;1D. The summed E-state index contributed by atoms with van der Waals surface area (Å²) in [5, 5.41) is 0. The van der Waals surface area contributed by atoms with E-state index in [1.165, 1.54) is 12.1 Å². The van der Waals surface area contributed by atoms with Crippen molar-refractivity contribution in [3.8, 4) is 0 Å². The highest BCUT2D eigenvalue weighted by Gasteiger charge is 1.77. The molecule has 0 aromatic heterocycles. The zero-order valence-electron chi connectivity index (χ0n) is 11.1. The normalized spacial score (nSPS) is 11.0. The van der Waals surface area contributed by atoms with Gasteiger partial charge in [0.05, 0.1) is 1.37 Å². The molecule has 2 aromatic rings. The summed E-state index contributed by atoms with van der Waals surface area (Å²) < 4.78 is 6.76. The fraction of sp³-hybridized carbons (Fsp3) is 0.0588. The first-order chi connectivity index (χ1) is 8.86. The molecule has 0 spiro atoms. The monoisotopic (exact) mass is 223 g/mol. The quantitative estimate of drug-likeness (QED) is 0.668. The molecule has 86 valence electrons. The molecule has 0 unspecified atom stereocenters. The predicted molar refractivity (Wildman–Crippen MR) is 77.7 cm³/mol. The first kappa shape index (κ1) is 11.4. The van der Waals surface area contributed by atoms with Crippen molar-refractivity contribution in [1.29, 1.82) is 0 Å². The molecule has 0 N–H and O–H groups in total. The molecule has 0 heteroatoms. The lowest BCUT2D eigenvalue weighted by Gasteiger charge is -1.86. The third kappa shape index (κ3) is 5.53. The Kier molecular flexibility index (Phi) is 5.45. The van der Waals surface area contributed by atoms with E-state index in [9.17, 15) is 0 Å². The molecule has 0 fully saturated rings. The second kappa shape index (κ2) is 8.12. The minimum absolute atomic E-state index is 1.08. The highest BCUT2D eigenvalue weighted by molar-refractivity contribution is 5.48. The van der Waals surface area contributed by atoms with Crippen molar-refractivity contribution < 1.29 is 1.37 Å². The molecule has 0 heterocycles. The number of rotatable bonds is 2. The third-order valence-corrected chi connectivity index (χ3v) is 2.15. The van der Waals surface area contributed by atoms with Gasteiger partial charge in [-0.1, -0.05) is 85.4 Å². The van der Waals surface area contributed by atoms with Crippen molar-refractivity contribution in [3.05, 3.63) is 84.4 Å². The fourth-order valence-corrected chi connectivity index (χ4v) is 1.32. The maximum atomic E-state index is 6.76. The van der Waals surface area contributed by atoms with E-state index in [-0.39, 0.29) is 0 Å². The Morgan fingerprint density at radius 1 is 0.882 bits per heavy atom. The lowest BCUT2D eigenvalue weighted by atomic mass is 10.2. The van der Waals surface area contributed by atoms with Crippen LogP contribution in [0, 0.1) is 0 Å². The van der Waals surface area contributed by atoms with Crippen LogP contribution in [0.5, 0.6) is 0 Å². The molecule has 2 aromatic carbocycles. The molecule has 0 saturated carbocycles. The summed E-state index contributed by atoms with van der Waals surface area (Å²) in [7, 11) is 0. The summed E-state index contributed by atoms with van der Waals surface area (Å²) in [5.74, 6) is 0. The average molecular weight is 223 g/mol. The molecule has 0 aliphatic heterocycles. The molecular weight excluding hydrogens is 204 g/mol. The van der Waals surface area contributed by atoms with Gasteiger partial charge in [0.15, 0.2) is 0 Å². The van der Waals surface area contributed by atoms with Crippen LogP contribution in [0.25, 0.3) is 12.2 Å². The van der Waals surface area contributed by atoms with Crippen LogP contribution < -0.4 is 0 Å². The van der Waals surface area contributed by atoms with Crippen molar-refractivity contribution in [1.82, 2.24) is 0 Å². The van der Waals surface area contributed by atoms with E-state index < -0.39 is 0 Å². The van der Waals surface area contributed by atoms with E-state index in [1.54, 1.807) is 6.08 Å². The van der Waals surface area contributed by atoms with Crippen LogP contribution in [-0.4, -0.2) is 0 Å². The second-order valence-corrected chi connectivity index (χ2v) is 3.49. The number of hydrogen-bond acceptors (Lipinski definition) is 0. The Hall–Kier alpha value is -2.08. The Balaban J connectivity index is 0.000000180. The SMILES string of the molecule is CC=Cc1ccccc1.[2H]C=Cc1ccccc1. The van der Waals surface area contributed by atoms with Gasteiger partial charge in [0.25, 0.3) is 0 Å². The lowest BCUT2D eigenvalue weighted by Crippen LogP contribution is -1.65. The third-order valence-electron chi connectivity index (χ3n) is 2.15. The summed E-state index contributed by atoms with van der Waals surface area (Å²) in [6.45, 7) is 3.31. The molecule has 0 bridgehead atoms. The Labute approximate surface area is 105 Å². The van der Waals surface area contributed by atoms with Crippen molar-refractivity contribution in [2.75, 3.05) is 0 Å². The molecule has 0 atom stereocenters. The van der Waals surface area contributed by atoms with Gasteiger partial charge in [-0.15, -0.1) is 0 Å². The Bertz CT molecular complexity index is 422. The van der Waals surface area contributed by atoms with E-state index in [4.69, 9.17) is 1.37 Å². The molecular formula is C17H18. The van der Waals surface area contributed by atoms with Gasteiger partial charge in [0, 0.05) is 0 Å². The molecule has 0 aliphatic rings. The average Bonchev–Trinajstić information content (AvgIpc) is 2.43. The highest BCUT2D eigenvalue weighted by Crippen LogP contribution is 1.99. The van der Waals surface area contributed by atoms with Gasteiger partial charge < -0.3 is 0 Å². The molecule has 0 aliphatic carbocycles. The van der Waals surface area contributed by atoms with E-state index in [2.05, 4.69) is 18.2 Å². The van der Waals surface area contributed by atoms with E-state index in [0.717, 1.165) is 5.56 Å². The van der Waals surface area contributed by atoms with Crippen LogP contribution in [-0.2, 0) is 0 Å². The lowest BCUT2D eigenvalue weighted by molar-refractivity contribution is 1.64. The van der Waals surface area contributed by atoms with Crippen molar-refractivity contribution in [2.45, 2.75) is 6.92 Å². The van der Waals surface area contributed by atoms with Crippen molar-refractivity contribution in [3.63, 3.8) is 0 Å². The number of allylic oxidation sites excluding steroid dienone is 1. The zero-order chi connectivity index (χ0) is 13.1. The molecule has 2 rings (SSSR count). The molecule has 0 nitrogen and oxygen atoms in total. The largest absolute Gasteiger partial charge is 0.0985 e. The van der Waals surface area contributed by atoms with E-state index in [1.807, 2.05) is 61.5 Å². The van der Waals surface area contributed by atoms with Gasteiger partial charge in [-0.3, -0.25) is 0 Å². The van der Waals surface area contributed by atoms with Gasteiger partial charge in [0.1, 0.15) is 0 Å². The van der Waals surface area contributed by atoms with Crippen LogP contribution >= 0.6 is 0 Å². The van der Waals surface area contributed by atoms with E-state index >= 15 is 0 Å². The second-order valence-electron chi connectivity index (χ2n) is 3.49. The van der Waals surface area contributed by atoms with Crippen molar-refractivity contribution in [2.24, 2.45) is 0 Å². The van der Waals surface area contributed by atoms with Gasteiger partial charge in [-0.25, -0.2) is 0 Å². The predicted octanol–water partition coefficient (Wildman–Crippen LogP) is 5.05. The maximum absolute atomic E-state index is 6.76. The van der Waals surface area contributed by atoms with Crippen LogP contribution in [0.1, 0.15) is 19.4 Å². The summed E-state index contributed by atoms with van der Waals surface area (Å²) in [4.78, 5) is 0. The highest BCUT2D eigenvalue weighted by atomic mass is 13.8. The topological polar surface area (TPSA) is 0 Å². The molecule has 0 saturated heterocycles. The van der Waals surface area contributed by atoms with Crippen LogP contribution in [0.15, 0.2) is 73.3 Å². The molecule has 0 amide bonds. The minimum atomic E-state index is 1.08. The first-order valence-corrected chi connectivity index (χ1v) is 5.64. The first-order valence-electron chi connectivity index (χ1n) is 6.22. The Morgan fingerprint density at radius 2 is 1.41 bits per heavy atom. The maximum Gasteiger partial charge on any atom is 0.0538 e. The number of benzene rings is 2. The van der Waals surface area contributed by atoms with Gasteiger partial charge in [0.2, 0.25) is 0 Å². The summed E-state index contributed by atoms with van der Waals surface area (Å²) >= 11 is 0. The summed E-state index contributed by atoms with van der Waals surface area (Å²) in [6.07, 6.45) is 5.87. The number of hydrogen-bond donors (Lipinski definition) is 0. The Morgan fingerprint density at radius 3 is 1.88 bits per heavy atom. The van der Waals surface area contributed by atoms with Crippen molar-refractivity contribution >= 4 is 12.2 Å². The molecule has 0 radical (unpaired) electrons. The molecule has 17 heavy (non-hydrogen) atoms. The smallest absolute Gasteiger partial charge is 0.0538 e. The van der Waals surface area contributed by atoms with E-state index in [0.29, 0.717) is 0 Å².